The summed E-state index contributed by atoms with van der Waals surface area (Å²) in [5.41, 5.74) is 5.69. The third-order valence-corrected chi connectivity index (χ3v) is 4.48. The molecule has 0 atom stereocenters. The molecule has 0 aromatic heterocycles. The molecule has 3 N–H and O–H groups in total. The quantitative estimate of drug-likeness (QED) is 0.745. The Balaban J connectivity index is 2.25. The standard InChI is InChI=1S/C16H32N2O/c1-4-5-6-13-7-9-14(10-8-13)15(19)18-12-16(2,3)11-17/h13-14H,4-12,17H2,1-3H3,(H,18,19). The van der Waals surface area contributed by atoms with E-state index in [1.807, 2.05) is 0 Å². The van der Waals surface area contributed by atoms with Gasteiger partial charge >= 0.3 is 0 Å². The van der Waals surface area contributed by atoms with E-state index in [1.54, 1.807) is 0 Å². The summed E-state index contributed by atoms with van der Waals surface area (Å²) < 4.78 is 0. The van der Waals surface area contributed by atoms with Crippen LogP contribution in [0.15, 0.2) is 0 Å². The summed E-state index contributed by atoms with van der Waals surface area (Å²) in [6, 6.07) is 0. The maximum absolute atomic E-state index is 12.1. The van der Waals surface area contributed by atoms with Gasteiger partial charge in [-0.1, -0.05) is 40.0 Å². The minimum atomic E-state index is 0.00792. The molecule has 1 aliphatic carbocycles. The summed E-state index contributed by atoms with van der Waals surface area (Å²) in [5.74, 6) is 1.35. The van der Waals surface area contributed by atoms with E-state index >= 15 is 0 Å². The van der Waals surface area contributed by atoms with E-state index in [4.69, 9.17) is 5.73 Å². The SMILES string of the molecule is CCCCC1CCC(C(=O)NCC(C)(C)CN)CC1. The maximum Gasteiger partial charge on any atom is 0.223 e. The molecule has 1 saturated carbocycles. The van der Waals surface area contributed by atoms with Crippen molar-refractivity contribution in [1.82, 2.24) is 5.32 Å². The van der Waals surface area contributed by atoms with Crippen molar-refractivity contribution < 1.29 is 4.79 Å². The minimum Gasteiger partial charge on any atom is -0.355 e. The summed E-state index contributed by atoms with van der Waals surface area (Å²) in [5, 5.41) is 3.08. The molecule has 0 heterocycles. The first-order valence-corrected chi connectivity index (χ1v) is 7.96. The topological polar surface area (TPSA) is 55.1 Å². The predicted molar refractivity (Wildman–Crippen MR) is 80.8 cm³/mol. The Bertz CT molecular complexity index is 268. The van der Waals surface area contributed by atoms with Crippen LogP contribution in [0.3, 0.4) is 0 Å². The molecule has 0 aromatic carbocycles. The summed E-state index contributed by atoms with van der Waals surface area (Å²) >= 11 is 0. The number of unbranched alkanes of at least 4 members (excludes halogenated alkanes) is 1. The van der Waals surface area contributed by atoms with E-state index in [0.29, 0.717) is 13.1 Å². The van der Waals surface area contributed by atoms with E-state index in [0.717, 1.165) is 18.8 Å². The Kier molecular flexibility index (Phi) is 6.84. The number of carbonyl (C=O) groups is 1. The van der Waals surface area contributed by atoms with Gasteiger partial charge in [0.2, 0.25) is 5.91 Å². The number of nitrogens with one attached hydrogen (secondary N) is 1. The lowest BCUT2D eigenvalue weighted by atomic mass is 9.79. The van der Waals surface area contributed by atoms with Crippen molar-refractivity contribution in [2.24, 2.45) is 23.0 Å². The van der Waals surface area contributed by atoms with Crippen LogP contribution in [0.2, 0.25) is 0 Å². The largest absolute Gasteiger partial charge is 0.355 e. The molecule has 112 valence electrons. The van der Waals surface area contributed by atoms with Crippen LogP contribution in [0, 0.1) is 17.3 Å². The molecular formula is C16H32N2O. The highest BCUT2D eigenvalue weighted by Gasteiger charge is 2.27. The second kappa shape index (κ2) is 7.88. The number of hydrogen-bond donors (Lipinski definition) is 2. The van der Waals surface area contributed by atoms with Gasteiger partial charge in [-0.05, 0) is 43.6 Å². The molecule has 3 heteroatoms. The van der Waals surface area contributed by atoms with Crippen molar-refractivity contribution in [2.75, 3.05) is 13.1 Å². The van der Waals surface area contributed by atoms with E-state index < -0.39 is 0 Å². The predicted octanol–water partition coefficient (Wildman–Crippen LogP) is 3.08. The Morgan fingerprint density at radius 1 is 1.26 bits per heavy atom. The van der Waals surface area contributed by atoms with Crippen molar-refractivity contribution in [2.45, 2.75) is 65.7 Å². The Hall–Kier alpha value is -0.570. The van der Waals surface area contributed by atoms with Crippen molar-refractivity contribution in [3.63, 3.8) is 0 Å². The Morgan fingerprint density at radius 2 is 1.89 bits per heavy atom. The van der Waals surface area contributed by atoms with Gasteiger partial charge in [0.25, 0.3) is 0 Å². The van der Waals surface area contributed by atoms with Crippen molar-refractivity contribution >= 4 is 5.91 Å². The van der Waals surface area contributed by atoms with Crippen LogP contribution < -0.4 is 11.1 Å². The molecule has 1 fully saturated rings. The fraction of sp³-hybridized carbons (Fsp3) is 0.938. The van der Waals surface area contributed by atoms with Crippen molar-refractivity contribution in [1.29, 1.82) is 0 Å². The fourth-order valence-corrected chi connectivity index (χ4v) is 2.75. The smallest absolute Gasteiger partial charge is 0.223 e. The molecule has 3 nitrogen and oxygen atoms in total. The summed E-state index contributed by atoms with van der Waals surface area (Å²) in [6.07, 6.45) is 8.59. The van der Waals surface area contributed by atoms with Crippen LogP contribution in [-0.2, 0) is 4.79 Å². The Morgan fingerprint density at radius 3 is 2.42 bits per heavy atom. The first kappa shape index (κ1) is 16.5. The first-order valence-electron chi connectivity index (χ1n) is 7.96. The lowest BCUT2D eigenvalue weighted by molar-refractivity contribution is -0.126. The number of rotatable bonds is 7. The Labute approximate surface area is 118 Å². The van der Waals surface area contributed by atoms with Gasteiger partial charge in [0.1, 0.15) is 0 Å². The second-order valence-electron chi connectivity index (χ2n) is 6.95. The van der Waals surface area contributed by atoms with Gasteiger partial charge in [-0.15, -0.1) is 0 Å². The van der Waals surface area contributed by atoms with Crippen LogP contribution in [0.25, 0.3) is 0 Å². The van der Waals surface area contributed by atoms with Crippen LogP contribution in [0.1, 0.15) is 65.7 Å². The lowest BCUT2D eigenvalue weighted by Gasteiger charge is -2.29. The van der Waals surface area contributed by atoms with Gasteiger partial charge in [-0.2, -0.15) is 0 Å². The number of hydrogen-bond acceptors (Lipinski definition) is 2. The lowest BCUT2D eigenvalue weighted by Crippen LogP contribution is -2.41. The molecule has 0 aliphatic heterocycles. The van der Waals surface area contributed by atoms with Gasteiger partial charge in [0, 0.05) is 12.5 Å². The molecule has 0 spiro atoms. The van der Waals surface area contributed by atoms with Crippen molar-refractivity contribution in [3.05, 3.63) is 0 Å². The van der Waals surface area contributed by atoms with Crippen LogP contribution in [0.4, 0.5) is 0 Å². The molecule has 0 radical (unpaired) electrons. The number of amides is 1. The highest BCUT2D eigenvalue weighted by atomic mass is 16.1. The maximum atomic E-state index is 12.1. The third-order valence-electron chi connectivity index (χ3n) is 4.48. The second-order valence-corrected chi connectivity index (χ2v) is 6.95. The minimum absolute atomic E-state index is 0.00792. The zero-order chi connectivity index (χ0) is 14.3. The molecule has 0 bridgehead atoms. The van der Waals surface area contributed by atoms with Crippen molar-refractivity contribution in [3.8, 4) is 0 Å². The highest BCUT2D eigenvalue weighted by molar-refractivity contribution is 5.78. The average Bonchev–Trinajstić information content (AvgIpc) is 2.43. The van der Waals surface area contributed by atoms with Gasteiger partial charge < -0.3 is 11.1 Å². The molecule has 0 unspecified atom stereocenters. The zero-order valence-electron chi connectivity index (χ0n) is 13.0. The number of carbonyl (C=O) groups excluding carboxylic acids is 1. The van der Waals surface area contributed by atoms with Gasteiger partial charge in [0.05, 0.1) is 0 Å². The summed E-state index contributed by atoms with van der Waals surface area (Å²) in [6.45, 7) is 7.73. The first-order chi connectivity index (χ1) is 8.98. The summed E-state index contributed by atoms with van der Waals surface area (Å²) in [4.78, 5) is 12.1. The van der Waals surface area contributed by atoms with Crippen LogP contribution >= 0.6 is 0 Å². The van der Waals surface area contributed by atoms with E-state index in [-0.39, 0.29) is 17.2 Å². The van der Waals surface area contributed by atoms with Gasteiger partial charge in [0.15, 0.2) is 0 Å². The highest BCUT2D eigenvalue weighted by Crippen LogP contribution is 2.32. The molecule has 1 aliphatic rings. The fourth-order valence-electron chi connectivity index (χ4n) is 2.75. The average molecular weight is 268 g/mol. The normalized spacial score (nSPS) is 24.2. The zero-order valence-corrected chi connectivity index (χ0v) is 13.0. The molecule has 1 amide bonds. The van der Waals surface area contributed by atoms with E-state index in [2.05, 4.69) is 26.1 Å². The molecular weight excluding hydrogens is 236 g/mol. The number of nitrogens with two attached hydrogens (primary N) is 1. The van der Waals surface area contributed by atoms with Crippen LogP contribution in [-0.4, -0.2) is 19.0 Å². The summed E-state index contributed by atoms with van der Waals surface area (Å²) in [7, 11) is 0. The molecule has 1 rings (SSSR count). The van der Waals surface area contributed by atoms with Gasteiger partial charge in [-0.25, -0.2) is 0 Å². The molecule has 19 heavy (non-hydrogen) atoms. The third kappa shape index (κ3) is 5.94. The monoisotopic (exact) mass is 268 g/mol. The molecule has 0 saturated heterocycles. The van der Waals surface area contributed by atoms with Gasteiger partial charge in [-0.3, -0.25) is 4.79 Å². The molecule has 0 aromatic rings. The van der Waals surface area contributed by atoms with Crippen LogP contribution in [0.5, 0.6) is 0 Å². The van der Waals surface area contributed by atoms with E-state index in [9.17, 15) is 4.79 Å². The van der Waals surface area contributed by atoms with E-state index in [1.165, 1.54) is 32.1 Å².